The van der Waals surface area contributed by atoms with Gasteiger partial charge in [-0.3, -0.25) is 9.59 Å². The summed E-state index contributed by atoms with van der Waals surface area (Å²) in [6.07, 6.45) is 3.43. The van der Waals surface area contributed by atoms with Crippen LogP contribution in [0, 0.1) is 11.7 Å². The van der Waals surface area contributed by atoms with Crippen molar-refractivity contribution in [3.8, 4) is 5.75 Å². The first kappa shape index (κ1) is 24.2. The fourth-order valence-electron chi connectivity index (χ4n) is 4.02. The maximum absolute atomic E-state index is 13.4. The van der Waals surface area contributed by atoms with E-state index in [0.29, 0.717) is 23.2 Å². The molecule has 0 spiro atoms. The second-order valence-corrected chi connectivity index (χ2v) is 9.24. The van der Waals surface area contributed by atoms with Crippen LogP contribution in [0.15, 0.2) is 48.5 Å². The largest absolute Gasteiger partial charge is 0.484 e. The smallest absolute Gasteiger partial charge is 0.270 e. The molecule has 1 aromatic heterocycles. The third kappa shape index (κ3) is 6.36. The minimum Gasteiger partial charge on any atom is -0.484 e. The molecule has 2 aromatic carbocycles. The summed E-state index contributed by atoms with van der Waals surface area (Å²) in [4.78, 5) is 29.1. The molecule has 0 bridgehead atoms. The van der Waals surface area contributed by atoms with E-state index in [-0.39, 0.29) is 35.2 Å². The summed E-state index contributed by atoms with van der Waals surface area (Å²) in [6.45, 7) is 0.337. The van der Waals surface area contributed by atoms with Gasteiger partial charge >= 0.3 is 0 Å². The van der Waals surface area contributed by atoms with Gasteiger partial charge in [-0.05, 0) is 68.0 Å². The first-order valence-electron chi connectivity index (χ1n) is 11.1. The van der Waals surface area contributed by atoms with Gasteiger partial charge in [-0.1, -0.05) is 29.3 Å². The monoisotopic (exact) mass is 503 g/mol. The molecule has 178 valence electrons. The standard InChI is InChI=1S/C25H24Cl2FN3O3/c26-17-4-10-22-16(11-17)3-9-23(31-22)25(33)30-18-5-1-15(2-6-18)13-29-24(32)14-34-19-7-8-20(27)21(28)12-19/h3-4,7-12,15,18H,1-2,5-6,13-14H2,(H,29,32)(H,30,33)/t15-,18-. The number of nitrogens with one attached hydrogen (secondary N) is 2. The summed E-state index contributed by atoms with van der Waals surface area (Å²) >= 11 is 11.6. The van der Waals surface area contributed by atoms with Crippen LogP contribution in [-0.2, 0) is 4.79 Å². The van der Waals surface area contributed by atoms with Crippen molar-refractivity contribution in [3.63, 3.8) is 0 Å². The fraction of sp³-hybridized carbons (Fsp3) is 0.320. The van der Waals surface area contributed by atoms with Gasteiger partial charge in [0.25, 0.3) is 11.8 Å². The molecule has 34 heavy (non-hydrogen) atoms. The Morgan fingerprint density at radius 2 is 1.82 bits per heavy atom. The molecule has 1 aliphatic carbocycles. The van der Waals surface area contributed by atoms with E-state index in [0.717, 1.165) is 42.7 Å². The summed E-state index contributed by atoms with van der Waals surface area (Å²) in [7, 11) is 0. The Morgan fingerprint density at radius 3 is 2.59 bits per heavy atom. The van der Waals surface area contributed by atoms with Gasteiger partial charge in [-0.2, -0.15) is 0 Å². The average molecular weight is 504 g/mol. The summed E-state index contributed by atoms with van der Waals surface area (Å²) < 4.78 is 18.7. The average Bonchev–Trinajstić information content (AvgIpc) is 2.84. The van der Waals surface area contributed by atoms with Crippen molar-refractivity contribution in [2.45, 2.75) is 31.7 Å². The molecule has 1 fully saturated rings. The number of hydrogen-bond acceptors (Lipinski definition) is 4. The molecule has 0 unspecified atom stereocenters. The van der Waals surface area contributed by atoms with Crippen molar-refractivity contribution in [2.24, 2.45) is 5.92 Å². The number of benzene rings is 2. The predicted molar refractivity (Wildman–Crippen MR) is 130 cm³/mol. The van der Waals surface area contributed by atoms with E-state index in [1.807, 2.05) is 12.1 Å². The van der Waals surface area contributed by atoms with Crippen molar-refractivity contribution in [1.29, 1.82) is 0 Å². The van der Waals surface area contributed by atoms with Gasteiger partial charge in [0.1, 0.15) is 17.3 Å². The lowest BCUT2D eigenvalue weighted by molar-refractivity contribution is -0.123. The number of pyridine rings is 1. The van der Waals surface area contributed by atoms with E-state index in [2.05, 4.69) is 15.6 Å². The molecule has 0 aliphatic heterocycles. The maximum Gasteiger partial charge on any atom is 0.270 e. The number of halogens is 3. The van der Waals surface area contributed by atoms with Crippen LogP contribution >= 0.6 is 23.2 Å². The van der Waals surface area contributed by atoms with E-state index < -0.39 is 5.82 Å². The van der Waals surface area contributed by atoms with Crippen LogP contribution in [0.25, 0.3) is 10.9 Å². The number of amides is 2. The molecule has 4 rings (SSSR count). The first-order valence-corrected chi connectivity index (χ1v) is 11.8. The second kappa shape index (κ2) is 11.0. The van der Waals surface area contributed by atoms with Crippen molar-refractivity contribution < 1.29 is 18.7 Å². The normalized spacial score (nSPS) is 17.9. The van der Waals surface area contributed by atoms with Crippen molar-refractivity contribution in [2.75, 3.05) is 13.2 Å². The summed E-state index contributed by atoms with van der Waals surface area (Å²) in [6, 6.07) is 13.0. The Kier molecular flexibility index (Phi) is 7.85. The number of ether oxygens (including phenoxy) is 1. The van der Waals surface area contributed by atoms with Crippen molar-refractivity contribution in [1.82, 2.24) is 15.6 Å². The number of nitrogens with zero attached hydrogens (tertiary/aromatic N) is 1. The number of carbonyl (C=O) groups excluding carboxylic acids is 2. The molecule has 2 amide bonds. The molecule has 1 heterocycles. The van der Waals surface area contributed by atoms with Crippen LogP contribution in [0.5, 0.6) is 5.75 Å². The third-order valence-electron chi connectivity index (χ3n) is 5.91. The summed E-state index contributed by atoms with van der Waals surface area (Å²) in [5.74, 6) is -0.477. The van der Waals surface area contributed by atoms with Crippen LogP contribution in [0.3, 0.4) is 0 Å². The lowest BCUT2D eigenvalue weighted by Crippen LogP contribution is -2.40. The Balaban J connectivity index is 1.18. The zero-order chi connectivity index (χ0) is 24.1. The molecule has 0 saturated heterocycles. The zero-order valence-corrected chi connectivity index (χ0v) is 19.8. The Morgan fingerprint density at radius 1 is 1.03 bits per heavy atom. The van der Waals surface area contributed by atoms with E-state index in [1.54, 1.807) is 18.2 Å². The molecule has 1 aliphatic rings. The first-order chi connectivity index (χ1) is 16.4. The van der Waals surface area contributed by atoms with Gasteiger partial charge in [0.05, 0.1) is 10.5 Å². The second-order valence-electron chi connectivity index (χ2n) is 8.39. The van der Waals surface area contributed by atoms with Crippen LogP contribution in [-0.4, -0.2) is 36.0 Å². The zero-order valence-electron chi connectivity index (χ0n) is 18.3. The highest BCUT2D eigenvalue weighted by molar-refractivity contribution is 6.31. The van der Waals surface area contributed by atoms with Gasteiger partial charge in [0.15, 0.2) is 6.61 Å². The summed E-state index contributed by atoms with van der Waals surface area (Å²) in [5.41, 5.74) is 1.10. The molecule has 2 N–H and O–H groups in total. The molecular formula is C25H24Cl2FN3O3. The van der Waals surface area contributed by atoms with Crippen molar-refractivity contribution >= 4 is 45.9 Å². The molecule has 3 aromatic rings. The SMILES string of the molecule is O=C(COc1ccc(Cl)c(F)c1)NC[C@H]1CC[C@H](NC(=O)c2ccc3cc(Cl)ccc3n2)CC1. The number of rotatable bonds is 7. The highest BCUT2D eigenvalue weighted by Crippen LogP contribution is 2.25. The van der Waals surface area contributed by atoms with Crippen LogP contribution in [0.4, 0.5) is 4.39 Å². The van der Waals surface area contributed by atoms with Crippen LogP contribution < -0.4 is 15.4 Å². The van der Waals surface area contributed by atoms with E-state index in [9.17, 15) is 14.0 Å². The minimum absolute atomic E-state index is 0.00230. The minimum atomic E-state index is -0.593. The Bertz CT molecular complexity index is 1200. The molecule has 0 radical (unpaired) electrons. The highest BCUT2D eigenvalue weighted by Gasteiger charge is 2.23. The van der Waals surface area contributed by atoms with Crippen LogP contribution in [0.1, 0.15) is 36.2 Å². The summed E-state index contributed by atoms with van der Waals surface area (Å²) in [5, 5.41) is 7.45. The van der Waals surface area contributed by atoms with Crippen LogP contribution in [0.2, 0.25) is 10.0 Å². The molecule has 6 nitrogen and oxygen atoms in total. The number of hydrogen-bond donors (Lipinski definition) is 2. The topological polar surface area (TPSA) is 80.3 Å². The molecule has 1 saturated carbocycles. The quantitative estimate of drug-likeness (QED) is 0.466. The van der Waals surface area contributed by atoms with E-state index >= 15 is 0 Å². The third-order valence-corrected chi connectivity index (χ3v) is 6.46. The predicted octanol–water partition coefficient (Wildman–Crippen LogP) is 5.16. The lowest BCUT2D eigenvalue weighted by atomic mass is 9.86. The maximum atomic E-state index is 13.4. The molecule has 9 heteroatoms. The molecular weight excluding hydrogens is 480 g/mol. The fourth-order valence-corrected chi connectivity index (χ4v) is 4.32. The van der Waals surface area contributed by atoms with Crippen molar-refractivity contribution in [3.05, 3.63) is 70.1 Å². The van der Waals surface area contributed by atoms with Gasteiger partial charge in [0, 0.05) is 29.1 Å². The highest BCUT2D eigenvalue weighted by atomic mass is 35.5. The molecule has 0 atom stereocenters. The Hall–Kier alpha value is -2.90. The number of carbonyl (C=O) groups is 2. The Labute approximate surface area is 206 Å². The number of fused-ring (bicyclic) bond motifs is 1. The van der Waals surface area contributed by atoms with Gasteiger partial charge in [-0.25, -0.2) is 9.37 Å². The van der Waals surface area contributed by atoms with Gasteiger partial charge in [-0.15, -0.1) is 0 Å². The van der Waals surface area contributed by atoms with Gasteiger partial charge in [0.2, 0.25) is 0 Å². The van der Waals surface area contributed by atoms with E-state index in [1.165, 1.54) is 12.1 Å². The van der Waals surface area contributed by atoms with E-state index in [4.69, 9.17) is 27.9 Å². The number of aromatic nitrogens is 1. The van der Waals surface area contributed by atoms with Gasteiger partial charge < -0.3 is 15.4 Å². The lowest BCUT2D eigenvalue weighted by Gasteiger charge is -2.29.